The Morgan fingerprint density at radius 2 is 1.59 bits per heavy atom. The minimum atomic E-state index is -0.0486. The van der Waals surface area contributed by atoms with Crippen molar-refractivity contribution in [3.8, 4) is 0 Å². The first-order chi connectivity index (χ1) is 8.31. The fourth-order valence-corrected chi connectivity index (χ4v) is 5.80. The third-order valence-electron chi connectivity index (χ3n) is 6.20. The fourth-order valence-electron chi connectivity index (χ4n) is 5.80. The predicted molar refractivity (Wildman–Crippen MR) is 67.6 cm³/mol. The molecular weight excluding hydrogens is 210 g/mol. The van der Waals surface area contributed by atoms with Crippen LogP contribution in [-0.2, 0) is 0 Å². The van der Waals surface area contributed by atoms with Crippen LogP contribution in [0, 0.1) is 29.6 Å². The molecule has 2 atom stereocenters. The van der Waals surface area contributed by atoms with Crippen LogP contribution in [0.3, 0.4) is 0 Å². The van der Waals surface area contributed by atoms with Crippen molar-refractivity contribution < 1.29 is 5.11 Å². The molecule has 0 aromatic heterocycles. The summed E-state index contributed by atoms with van der Waals surface area (Å²) in [5.74, 6) is 4.42. The first-order valence-corrected chi connectivity index (χ1v) is 7.72. The maximum absolute atomic E-state index is 10.7. The lowest BCUT2D eigenvalue weighted by atomic mass is 9.50. The summed E-state index contributed by atoms with van der Waals surface area (Å²) < 4.78 is 0. The second-order valence-corrected chi connectivity index (χ2v) is 7.20. The average molecular weight is 235 g/mol. The van der Waals surface area contributed by atoms with Crippen LogP contribution in [0.1, 0.15) is 44.9 Å². The van der Waals surface area contributed by atoms with Gasteiger partial charge in [0.2, 0.25) is 0 Å². The zero-order chi connectivity index (χ0) is 11.4. The Kier molecular flexibility index (Phi) is 2.52. The Morgan fingerprint density at radius 1 is 0.941 bits per heavy atom. The molecule has 4 bridgehead atoms. The van der Waals surface area contributed by atoms with Gasteiger partial charge >= 0.3 is 0 Å². The lowest BCUT2D eigenvalue weighted by Crippen LogP contribution is -2.53. The van der Waals surface area contributed by atoms with Crippen molar-refractivity contribution in [1.29, 1.82) is 0 Å². The van der Waals surface area contributed by atoms with E-state index < -0.39 is 0 Å². The van der Waals surface area contributed by atoms with Crippen LogP contribution in [-0.4, -0.2) is 23.8 Å². The van der Waals surface area contributed by atoms with Crippen molar-refractivity contribution in [3.05, 3.63) is 0 Å². The Hall–Kier alpha value is -0.0800. The highest BCUT2D eigenvalue weighted by Crippen LogP contribution is 2.57. The van der Waals surface area contributed by atoms with Crippen molar-refractivity contribution in [3.63, 3.8) is 0 Å². The van der Waals surface area contributed by atoms with Gasteiger partial charge in [-0.25, -0.2) is 0 Å². The zero-order valence-corrected chi connectivity index (χ0v) is 10.6. The molecule has 1 saturated heterocycles. The molecule has 17 heavy (non-hydrogen) atoms. The van der Waals surface area contributed by atoms with Crippen LogP contribution in [0.15, 0.2) is 0 Å². The summed E-state index contributed by atoms with van der Waals surface area (Å²) in [6.07, 6.45) is 9.65. The molecule has 5 rings (SSSR count). The van der Waals surface area contributed by atoms with Crippen LogP contribution >= 0.6 is 0 Å². The van der Waals surface area contributed by atoms with Gasteiger partial charge < -0.3 is 10.4 Å². The van der Waals surface area contributed by atoms with E-state index in [1.165, 1.54) is 44.9 Å². The van der Waals surface area contributed by atoms with Gasteiger partial charge in [-0.05, 0) is 81.1 Å². The summed E-state index contributed by atoms with van der Waals surface area (Å²) >= 11 is 0. The maximum Gasteiger partial charge on any atom is 0.0726 e. The lowest BCUT2D eigenvalue weighted by molar-refractivity contribution is -0.0971. The van der Waals surface area contributed by atoms with Crippen molar-refractivity contribution in [2.45, 2.75) is 57.1 Å². The zero-order valence-electron chi connectivity index (χ0n) is 10.6. The van der Waals surface area contributed by atoms with E-state index in [0.717, 1.165) is 30.2 Å². The standard InChI is InChI=1S/C15H25NO/c17-15(13-2-1-3-16-13)14-11-5-9-4-10(7-11)8-12(14)6-9/h9-17H,1-8H2/t9?,10?,11?,12?,13-,14?,15?/m0/s1. The van der Waals surface area contributed by atoms with E-state index in [4.69, 9.17) is 0 Å². The van der Waals surface area contributed by atoms with Crippen molar-refractivity contribution in [1.82, 2.24) is 5.32 Å². The Bertz CT molecular complexity index is 269. The second kappa shape index (κ2) is 3.96. The van der Waals surface area contributed by atoms with E-state index in [9.17, 15) is 5.11 Å². The number of hydrogen-bond acceptors (Lipinski definition) is 2. The molecule has 4 aliphatic carbocycles. The van der Waals surface area contributed by atoms with Gasteiger partial charge in [0.1, 0.15) is 0 Å². The van der Waals surface area contributed by atoms with Crippen molar-refractivity contribution in [2.75, 3.05) is 6.54 Å². The third kappa shape index (κ3) is 1.67. The van der Waals surface area contributed by atoms with Crippen LogP contribution in [0.4, 0.5) is 0 Å². The molecule has 2 heteroatoms. The number of aliphatic hydroxyl groups is 1. The molecule has 5 aliphatic rings. The third-order valence-corrected chi connectivity index (χ3v) is 6.20. The van der Waals surface area contributed by atoms with Gasteiger partial charge in [-0.3, -0.25) is 0 Å². The molecular formula is C15H25NO. The number of nitrogens with one attached hydrogen (secondary N) is 1. The Labute approximate surface area is 104 Å². The summed E-state index contributed by atoms with van der Waals surface area (Å²) in [5.41, 5.74) is 0. The maximum atomic E-state index is 10.7. The number of rotatable bonds is 2. The Balaban J connectivity index is 1.53. The fraction of sp³-hybridized carbons (Fsp3) is 1.00. The monoisotopic (exact) mass is 235 g/mol. The molecule has 0 radical (unpaired) electrons. The van der Waals surface area contributed by atoms with E-state index in [1.807, 2.05) is 0 Å². The molecule has 2 N–H and O–H groups in total. The van der Waals surface area contributed by atoms with Gasteiger partial charge in [0, 0.05) is 6.04 Å². The molecule has 1 heterocycles. The molecule has 0 amide bonds. The van der Waals surface area contributed by atoms with E-state index in [0.29, 0.717) is 12.0 Å². The van der Waals surface area contributed by atoms with E-state index in [1.54, 1.807) is 0 Å². The average Bonchev–Trinajstić information content (AvgIpc) is 2.80. The van der Waals surface area contributed by atoms with Gasteiger partial charge in [0.05, 0.1) is 6.10 Å². The highest BCUT2D eigenvalue weighted by atomic mass is 16.3. The second-order valence-electron chi connectivity index (χ2n) is 7.20. The van der Waals surface area contributed by atoms with Gasteiger partial charge in [-0.15, -0.1) is 0 Å². The molecule has 0 aromatic carbocycles. The van der Waals surface area contributed by atoms with Crippen molar-refractivity contribution >= 4 is 0 Å². The van der Waals surface area contributed by atoms with Gasteiger partial charge in [0.25, 0.3) is 0 Å². The number of hydrogen-bond donors (Lipinski definition) is 2. The van der Waals surface area contributed by atoms with Crippen molar-refractivity contribution in [2.24, 2.45) is 29.6 Å². The molecule has 1 aliphatic heterocycles. The quantitative estimate of drug-likeness (QED) is 0.769. The predicted octanol–water partition coefficient (Wildman–Crippen LogP) is 2.17. The highest BCUT2D eigenvalue weighted by molar-refractivity contribution is 5.02. The van der Waals surface area contributed by atoms with E-state index >= 15 is 0 Å². The van der Waals surface area contributed by atoms with Gasteiger partial charge in [-0.1, -0.05) is 0 Å². The summed E-state index contributed by atoms with van der Waals surface area (Å²) in [6.45, 7) is 1.12. The SMILES string of the molecule is OC(C1C2CC3CC(C2)CC1C3)[C@@H]1CCCN1. The van der Waals surface area contributed by atoms with Crippen LogP contribution in [0.5, 0.6) is 0 Å². The molecule has 5 fully saturated rings. The first kappa shape index (κ1) is 10.8. The molecule has 96 valence electrons. The normalized spacial score (nSPS) is 54.2. The van der Waals surface area contributed by atoms with Crippen LogP contribution < -0.4 is 5.32 Å². The summed E-state index contributed by atoms with van der Waals surface area (Å²) in [5, 5.41) is 14.2. The van der Waals surface area contributed by atoms with Gasteiger partial charge in [-0.2, -0.15) is 0 Å². The van der Waals surface area contributed by atoms with Crippen LogP contribution in [0.25, 0.3) is 0 Å². The van der Waals surface area contributed by atoms with Crippen LogP contribution in [0.2, 0.25) is 0 Å². The lowest BCUT2D eigenvalue weighted by Gasteiger charge is -2.56. The van der Waals surface area contributed by atoms with E-state index in [2.05, 4.69) is 5.32 Å². The smallest absolute Gasteiger partial charge is 0.0726 e. The largest absolute Gasteiger partial charge is 0.391 e. The minimum Gasteiger partial charge on any atom is -0.391 e. The summed E-state index contributed by atoms with van der Waals surface area (Å²) in [7, 11) is 0. The highest BCUT2D eigenvalue weighted by Gasteiger charge is 2.51. The molecule has 0 spiro atoms. The molecule has 4 saturated carbocycles. The van der Waals surface area contributed by atoms with Gasteiger partial charge in [0.15, 0.2) is 0 Å². The summed E-state index contributed by atoms with van der Waals surface area (Å²) in [4.78, 5) is 0. The molecule has 1 unspecified atom stereocenters. The first-order valence-electron chi connectivity index (χ1n) is 7.72. The Morgan fingerprint density at radius 3 is 2.12 bits per heavy atom. The minimum absolute atomic E-state index is 0.0486. The van der Waals surface area contributed by atoms with E-state index in [-0.39, 0.29) is 6.10 Å². The topological polar surface area (TPSA) is 32.3 Å². The molecule has 0 aromatic rings. The number of aliphatic hydroxyl groups excluding tert-OH is 1. The molecule has 2 nitrogen and oxygen atoms in total. The summed E-state index contributed by atoms with van der Waals surface area (Å²) in [6, 6.07) is 0.414.